The van der Waals surface area contributed by atoms with Gasteiger partial charge in [0.1, 0.15) is 0 Å². The van der Waals surface area contributed by atoms with Crippen LogP contribution < -0.4 is 5.32 Å². The molecule has 0 radical (unpaired) electrons. The lowest BCUT2D eigenvalue weighted by Crippen LogP contribution is -2.42. The SMILES string of the molecule is CSC1CNCC1N1CCCC(C)(C)CC1. The molecular formula is C13H26N2S. The molecule has 2 heterocycles. The van der Waals surface area contributed by atoms with Crippen LogP contribution in [0.15, 0.2) is 0 Å². The third-order valence-corrected chi connectivity index (χ3v) is 5.36. The lowest BCUT2D eigenvalue weighted by Gasteiger charge is -2.31. The topological polar surface area (TPSA) is 15.3 Å². The van der Waals surface area contributed by atoms with Crippen molar-refractivity contribution in [2.45, 2.75) is 44.4 Å². The number of nitrogens with one attached hydrogen (secondary N) is 1. The number of hydrogen-bond donors (Lipinski definition) is 1. The molecule has 0 aromatic rings. The average molecular weight is 242 g/mol. The molecule has 2 aliphatic heterocycles. The van der Waals surface area contributed by atoms with Gasteiger partial charge in [-0.15, -0.1) is 0 Å². The standard InChI is InChI=1S/C13H26N2S/c1-13(2)5-4-7-15(8-6-13)11-9-14-10-12(11)16-3/h11-12,14H,4-10H2,1-3H3. The maximum atomic E-state index is 3.55. The monoisotopic (exact) mass is 242 g/mol. The van der Waals surface area contributed by atoms with E-state index in [1.165, 1.54) is 45.4 Å². The molecule has 0 bridgehead atoms. The number of nitrogens with zero attached hydrogens (tertiary/aromatic N) is 1. The van der Waals surface area contributed by atoms with Gasteiger partial charge in [0.2, 0.25) is 0 Å². The molecule has 2 saturated heterocycles. The minimum Gasteiger partial charge on any atom is -0.314 e. The highest BCUT2D eigenvalue weighted by Gasteiger charge is 2.33. The largest absolute Gasteiger partial charge is 0.314 e. The Morgan fingerprint density at radius 3 is 2.75 bits per heavy atom. The highest BCUT2D eigenvalue weighted by molar-refractivity contribution is 7.99. The van der Waals surface area contributed by atoms with Crippen LogP contribution in [0.2, 0.25) is 0 Å². The van der Waals surface area contributed by atoms with Crippen LogP contribution in [-0.2, 0) is 0 Å². The van der Waals surface area contributed by atoms with E-state index in [0.717, 1.165) is 11.3 Å². The van der Waals surface area contributed by atoms with Crippen molar-refractivity contribution in [3.63, 3.8) is 0 Å². The van der Waals surface area contributed by atoms with Gasteiger partial charge in [0.05, 0.1) is 0 Å². The van der Waals surface area contributed by atoms with Crippen molar-refractivity contribution < 1.29 is 0 Å². The van der Waals surface area contributed by atoms with Gasteiger partial charge in [-0.3, -0.25) is 4.90 Å². The number of rotatable bonds is 2. The van der Waals surface area contributed by atoms with Crippen molar-refractivity contribution in [1.82, 2.24) is 10.2 Å². The van der Waals surface area contributed by atoms with E-state index in [4.69, 9.17) is 0 Å². The quantitative estimate of drug-likeness (QED) is 0.799. The molecule has 0 amide bonds. The molecule has 2 aliphatic rings. The Morgan fingerprint density at radius 2 is 2.00 bits per heavy atom. The summed E-state index contributed by atoms with van der Waals surface area (Å²) < 4.78 is 0. The van der Waals surface area contributed by atoms with Crippen molar-refractivity contribution in [2.24, 2.45) is 5.41 Å². The van der Waals surface area contributed by atoms with Gasteiger partial charge in [0.25, 0.3) is 0 Å². The van der Waals surface area contributed by atoms with E-state index in [2.05, 4.69) is 30.3 Å². The van der Waals surface area contributed by atoms with E-state index >= 15 is 0 Å². The number of likely N-dealkylation sites (tertiary alicyclic amines) is 1. The minimum atomic E-state index is 0.565. The molecule has 0 aromatic heterocycles. The molecule has 1 N–H and O–H groups in total. The molecule has 2 fully saturated rings. The van der Waals surface area contributed by atoms with E-state index in [0.29, 0.717) is 5.41 Å². The maximum Gasteiger partial charge on any atom is 0.0351 e. The maximum absolute atomic E-state index is 3.55. The minimum absolute atomic E-state index is 0.565. The van der Waals surface area contributed by atoms with E-state index in [9.17, 15) is 0 Å². The molecule has 0 aliphatic carbocycles. The normalized spacial score (nSPS) is 36.2. The molecule has 94 valence electrons. The first-order chi connectivity index (χ1) is 7.62. The van der Waals surface area contributed by atoms with Gasteiger partial charge in [-0.25, -0.2) is 0 Å². The fraction of sp³-hybridized carbons (Fsp3) is 1.00. The van der Waals surface area contributed by atoms with E-state index in [-0.39, 0.29) is 0 Å². The number of thioether (sulfide) groups is 1. The predicted octanol–water partition coefficient (Wildman–Crippen LogP) is 2.20. The highest BCUT2D eigenvalue weighted by Crippen LogP contribution is 2.32. The lowest BCUT2D eigenvalue weighted by molar-refractivity contribution is 0.209. The molecule has 3 heteroatoms. The molecule has 0 saturated carbocycles. The molecule has 2 atom stereocenters. The Morgan fingerprint density at radius 1 is 1.19 bits per heavy atom. The summed E-state index contributed by atoms with van der Waals surface area (Å²) >= 11 is 2.04. The second-order valence-electron chi connectivity index (χ2n) is 6.05. The van der Waals surface area contributed by atoms with Gasteiger partial charge in [-0.05, 0) is 44.0 Å². The third kappa shape index (κ3) is 2.93. The van der Waals surface area contributed by atoms with Crippen LogP contribution in [-0.4, -0.2) is 48.6 Å². The molecule has 0 spiro atoms. The van der Waals surface area contributed by atoms with Crippen LogP contribution in [0.25, 0.3) is 0 Å². The van der Waals surface area contributed by atoms with Crippen molar-refractivity contribution >= 4 is 11.8 Å². The average Bonchev–Trinajstić information content (AvgIpc) is 2.63. The van der Waals surface area contributed by atoms with Crippen molar-refractivity contribution in [3.05, 3.63) is 0 Å². The van der Waals surface area contributed by atoms with Gasteiger partial charge in [0, 0.05) is 24.4 Å². The van der Waals surface area contributed by atoms with Gasteiger partial charge in [-0.2, -0.15) is 11.8 Å². The molecule has 16 heavy (non-hydrogen) atoms. The van der Waals surface area contributed by atoms with Crippen LogP contribution in [0.1, 0.15) is 33.1 Å². The Bertz CT molecular complexity index is 230. The summed E-state index contributed by atoms with van der Waals surface area (Å²) in [4.78, 5) is 2.75. The summed E-state index contributed by atoms with van der Waals surface area (Å²) in [7, 11) is 0. The number of hydrogen-bond acceptors (Lipinski definition) is 3. The van der Waals surface area contributed by atoms with Crippen LogP contribution in [0.5, 0.6) is 0 Å². The Balaban J connectivity index is 1.94. The third-order valence-electron chi connectivity index (χ3n) is 4.27. The fourth-order valence-corrected chi connectivity index (χ4v) is 3.89. The zero-order valence-corrected chi connectivity index (χ0v) is 11.8. The predicted molar refractivity (Wildman–Crippen MR) is 73.2 cm³/mol. The zero-order valence-electron chi connectivity index (χ0n) is 11.0. The van der Waals surface area contributed by atoms with E-state index in [1.54, 1.807) is 0 Å². The first-order valence-corrected chi connectivity index (χ1v) is 7.89. The molecule has 0 aromatic carbocycles. The summed E-state index contributed by atoms with van der Waals surface area (Å²) in [6.07, 6.45) is 6.40. The Kier molecular flexibility index (Phi) is 4.20. The second kappa shape index (κ2) is 5.28. The van der Waals surface area contributed by atoms with Gasteiger partial charge < -0.3 is 5.32 Å². The van der Waals surface area contributed by atoms with Crippen LogP contribution in [0.4, 0.5) is 0 Å². The van der Waals surface area contributed by atoms with Crippen molar-refractivity contribution in [2.75, 3.05) is 32.4 Å². The van der Waals surface area contributed by atoms with E-state index in [1.807, 2.05) is 11.8 Å². The van der Waals surface area contributed by atoms with Gasteiger partial charge in [-0.1, -0.05) is 13.8 Å². The summed E-state index contributed by atoms with van der Waals surface area (Å²) in [6.45, 7) is 9.87. The Hall–Kier alpha value is 0.270. The molecule has 2 unspecified atom stereocenters. The summed E-state index contributed by atoms with van der Waals surface area (Å²) in [5, 5.41) is 4.36. The molecule has 2 nitrogen and oxygen atoms in total. The van der Waals surface area contributed by atoms with Gasteiger partial charge >= 0.3 is 0 Å². The first kappa shape index (κ1) is 12.7. The second-order valence-corrected chi connectivity index (χ2v) is 7.13. The van der Waals surface area contributed by atoms with Crippen LogP contribution >= 0.6 is 11.8 Å². The first-order valence-electron chi connectivity index (χ1n) is 6.60. The summed E-state index contributed by atoms with van der Waals surface area (Å²) in [6, 6.07) is 0.781. The van der Waals surface area contributed by atoms with E-state index < -0.39 is 0 Å². The highest BCUT2D eigenvalue weighted by atomic mass is 32.2. The summed E-state index contributed by atoms with van der Waals surface area (Å²) in [5.41, 5.74) is 0.565. The van der Waals surface area contributed by atoms with Crippen molar-refractivity contribution in [1.29, 1.82) is 0 Å². The lowest BCUT2D eigenvalue weighted by atomic mass is 9.85. The zero-order chi connectivity index (χ0) is 11.6. The van der Waals surface area contributed by atoms with Crippen LogP contribution in [0, 0.1) is 5.41 Å². The van der Waals surface area contributed by atoms with Crippen molar-refractivity contribution in [3.8, 4) is 0 Å². The molecule has 2 rings (SSSR count). The van der Waals surface area contributed by atoms with Crippen LogP contribution in [0.3, 0.4) is 0 Å². The summed E-state index contributed by atoms with van der Waals surface area (Å²) in [5.74, 6) is 0. The smallest absolute Gasteiger partial charge is 0.0351 e. The van der Waals surface area contributed by atoms with Gasteiger partial charge in [0.15, 0.2) is 0 Å². The molecular weight excluding hydrogens is 216 g/mol. The Labute approximate surface area is 105 Å². The fourth-order valence-electron chi connectivity index (χ4n) is 3.02.